The number of carboxylic acid groups (broad SMARTS) is 1. The fourth-order valence-electron chi connectivity index (χ4n) is 2.80. The van der Waals surface area contributed by atoms with Gasteiger partial charge in [-0.1, -0.05) is 6.07 Å². The summed E-state index contributed by atoms with van der Waals surface area (Å²) in [5.74, 6) is -0.929. The molecule has 0 saturated carbocycles. The second-order valence-corrected chi connectivity index (χ2v) is 5.42. The van der Waals surface area contributed by atoms with E-state index in [1.54, 1.807) is 13.0 Å². The van der Waals surface area contributed by atoms with Crippen molar-refractivity contribution in [2.24, 2.45) is 0 Å². The van der Waals surface area contributed by atoms with Gasteiger partial charge >= 0.3 is 5.97 Å². The quantitative estimate of drug-likeness (QED) is 0.903. The van der Waals surface area contributed by atoms with E-state index in [0.29, 0.717) is 31.0 Å². The molecule has 22 heavy (non-hydrogen) atoms. The van der Waals surface area contributed by atoms with Crippen molar-refractivity contribution in [1.29, 1.82) is 0 Å². The Labute approximate surface area is 127 Å². The van der Waals surface area contributed by atoms with E-state index in [0.717, 1.165) is 13.1 Å². The Morgan fingerprint density at radius 2 is 1.95 bits per heavy atom. The van der Waals surface area contributed by atoms with Crippen LogP contribution in [0, 0.1) is 0 Å². The van der Waals surface area contributed by atoms with Gasteiger partial charge in [-0.25, -0.2) is 9.78 Å². The molecule has 0 atom stereocenters. The molecule has 0 aliphatic carbocycles. The molecular formula is C15H18N4O3. The maximum absolute atomic E-state index is 11.4. The molecule has 2 aromatic rings. The molecule has 1 aliphatic heterocycles. The number of imidazole rings is 1. The molecule has 7 heteroatoms. The van der Waals surface area contributed by atoms with Crippen molar-refractivity contribution in [3.8, 4) is 0 Å². The molecule has 1 saturated heterocycles. The third-order valence-corrected chi connectivity index (χ3v) is 4.02. The molecule has 1 aliphatic rings. The van der Waals surface area contributed by atoms with Gasteiger partial charge in [0.15, 0.2) is 5.69 Å². The highest BCUT2D eigenvalue weighted by Gasteiger charge is 2.23. The zero-order chi connectivity index (χ0) is 15.7. The van der Waals surface area contributed by atoms with Gasteiger partial charge in [0.2, 0.25) is 5.91 Å². The van der Waals surface area contributed by atoms with Gasteiger partial charge in [-0.3, -0.25) is 9.69 Å². The van der Waals surface area contributed by atoms with Crippen molar-refractivity contribution in [2.45, 2.75) is 13.5 Å². The minimum atomic E-state index is -1.01. The van der Waals surface area contributed by atoms with Gasteiger partial charge in [-0.05, 0) is 12.1 Å². The summed E-state index contributed by atoms with van der Waals surface area (Å²) >= 11 is 0. The van der Waals surface area contributed by atoms with Crippen molar-refractivity contribution < 1.29 is 14.7 Å². The molecule has 0 radical (unpaired) electrons. The lowest BCUT2D eigenvalue weighted by Crippen LogP contribution is -2.47. The predicted molar refractivity (Wildman–Crippen MR) is 79.7 cm³/mol. The third-order valence-electron chi connectivity index (χ3n) is 4.02. The molecule has 3 rings (SSSR count). The molecule has 0 spiro atoms. The van der Waals surface area contributed by atoms with E-state index >= 15 is 0 Å². The van der Waals surface area contributed by atoms with Crippen LogP contribution in [-0.4, -0.2) is 62.3 Å². The molecule has 1 amide bonds. The lowest BCUT2D eigenvalue weighted by molar-refractivity contribution is -0.130. The Morgan fingerprint density at radius 3 is 2.59 bits per heavy atom. The van der Waals surface area contributed by atoms with Crippen LogP contribution in [0.2, 0.25) is 0 Å². The van der Waals surface area contributed by atoms with E-state index in [2.05, 4.69) is 9.88 Å². The highest BCUT2D eigenvalue weighted by Crippen LogP contribution is 2.16. The number of amides is 1. The van der Waals surface area contributed by atoms with E-state index in [-0.39, 0.29) is 11.6 Å². The van der Waals surface area contributed by atoms with Crippen LogP contribution >= 0.6 is 0 Å². The number of aromatic nitrogens is 2. The monoisotopic (exact) mass is 302 g/mol. The predicted octanol–water partition coefficient (Wildman–Crippen LogP) is 0.697. The van der Waals surface area contributed by atoms with Gasteiger partial charge in [0.1, 0.15) is 5.65 Å². The Kier molecular flexibility index (Phi) is 3.81. The zero-order valence-corrected chi connectivity index (χ0v) is 12.4. The van der Waals surface area contributed by atoms with Crippen molar-refractivity contribution in [3.05, 3.63) is 35.8 Å². The summed E-state index contributed by atoms with van der Waals surface area (Å²) in [6.45, 7) is 4.90. The average molecular weight is 302 g/mol. The first-order valence-electron chi connectivity index (χ1n) is 7.23. The van der Waals surface area contributed by atoms with E-state index < -0.39 is 5.97 Å². The normalized spacial score (nSPS) is 16.1. The lowest BCUT2D eigenvalue weighted by atomic mass is 10.2. The van der Waals surface area contributed by atoms with Crippen LogP contribution in [0.4, 0.5) is 0 Å². The first-order valence-corrected chi connectivity index (χ1v) is 7.23. The average Bonchev–Trinajstić information content (AvgIpc) is 2.87. The van der Waals surface area contributed by atoms with Gasteiger partial charge in [-0.15, -0.1) is 0 Å². The summed E-state index contributed by atoms with van der Waals surface area (Å²) in [7, 11) is 0. The number of carbonyl (C=O) groups excluding carboxylic acids is 1. The van der Waals surface area contributed by atoms with Crippen molar-refractivity contribution in [3.63, 3.8) is 0 Å². The van der Waals surface area contributed by atoms with Crippen LogP contribution in [0.25, 0.3) is 5.65 Å². The number of carbonyl (C=O) groups is 2. The molecule has 2 aromatic heterocycles. The van der Waals surface area contributed by atoms with E-state index in [1.807, 2.05) is 27.6 Å². The molecular weight excluding hydrogens is 284 g/mol. The third kappa shape index (κ3) is 2.67. The molecule has 3 heterocycles. The van der Waals surface area contributed by atoms with Gasteiger partial charge in [0, 0.05) is 45.8 Å². The lowest BCUT2D eigenvalue weighted by Gasteiger charge is -2.34. The van der Waals surface area contributed by atoms with Crippen LogP contribution in [0.5, 0.6) is 0 Å². The second kappa shape index (κ2) is 5.76. The van der Waals surface area contributed by atoms with Crippen molar-refractivity contribution >= 4 is 17.5 Å². The topological polar surface area (TPSA) is 78.2 Å². The smallest absolute Gasteiger partial charge is 0.356 e. The fourth-order valence-corrected chi connectivity index (χ4v) is 2.80. The number of hydrogen-bond donors (Lipinski definition) is 1. The van der Waals surface area contributed by atoms with Gasteiger partial charge in [0.05, 0.1) is 5.69 Å². The summed E-state index contributed by atoms with van der Waals surface area (Å²) in [4.78, 5) is 30.9. The fraction of sp³-hybridized carbons (Fsp3) is 0.400. The number of hydrogen-bond acceptors (Lipinski definition) is 4. The number of piperazine rings is 1. The first kappa shape index (κ1) is 14.5. The summed E-state index contributed by atoms with van der Waals surface area (Å²) in [5, 5.41) is 9.36. The number of fused-ring (bicyclic) bond motifs is 1. The van der Waals surface area contributed by atoms with Crippen LogP contribution in [0.3, 0.4) is 0 Å². The summed E-state index contributed by atoms with van der Waals surface area (Å²) in [6, 6.07) is 5.49. The number of rotatable bonds is 3. The van der Waals surface area contributed by atoms with Crippen LogP contribution in [-0.2, 0) is 11.3 Å². The minimum absolute atomic E-state index is 0.0840. The van der Waals surface area contributed by atoms with Crippen LogP contribution in [0.15, 0.2) is 24.4 Å². The van der Waals surface area contributed by atoms with E-state index in [9.17, 15) is 14.7 Å². The Balaban J connectivity index is 1.83. The van der Waals surface area contributed by atoms with Gasteiger partial charge in [0.25, 0.3) is 0 Å². The first-order chi connectivity index (χ1) is 10.6. The van der Waals surface area contributed by atoms with E-state index in [1.165, 1.54) is 0 Å². The number of pyridine rings is 1. The highest BCUT2D eigenvalue weighted by atomic mass is 16.4. The molecule has 1 N–H and O–H groups in total. The molecule has 0 bridgehead atoms. The minimum Gasteiger partial charge on any atom is -0.476 e. The standard InChI is InChI=1S/C15H18N4O3/c1-11(20)18-8-6-17(7-9-18)10-12-14(15(21)22)16-13-4-2-3-5-19(12)13/h2-5H,6-10H2,1H3,(H,21,22). The maximum Gasteiger partial charge on any atom is 0.356 e. The molecule has 0 aromatic carbocycles. The van der Waals surface area contributed by atoms with Crippen LogP contribution < -0.4 is 0 Å². The number of carboxylic acids is 1. The van der Waals surface area contributed by atoms with Crippen LogP contribution in [0.1, 0.15) is 23.1 Å². The van der Waals surface area contributed by atoms with Gasteiger partial charge in [-0.2, -0.15) is 0 Å². The zero-order valence-electron chi connectivity index (χ0n) is 12.4. The summed E-state index contributed by atoms with van der Waals surface area (Å²) < 4.78 is 1.82. The summed E-state index contributed by atoms with van der Waals surface area (Å²) in [5.41, 5.74) is 1.41. The molecule has 0 unspecified atom stereocenters. The van der Waals surface area contributed by atoms with Gasteiger partial charge < -0.3 is 14.4 Å². The highest BCUT2D eigenvalue weighted by molar-refractivity contribution is 5.88. The SMILES string of the molecule is CC(=O)N1CCN(Cc2c(C(=O)O)nc3ccccn23)CC1. The number of aromatic carboxylic acids is 1. The maximum atomic E-state index is 11.4. The van der Waals surface area contributed by atoms with Crippen molar-refractivity contribution in [1.82, 2.24) is 19.2 Å². The summed E-state index contributed by atoms with van der Waals surface area (Å²) in [6.07, 6.45) is 1.83. The Morgan fingerprint density at radius 1 is 1.23 bits per heavy atom. The number of nitrogens with zero attached hydrogens (tertiary/aromatic N) is 4. The molecule has 116 valence electrons. The molecule has 7 nitrogen and oxygen atoms in total. The van der Waals surface area contributed by atoms with E-state index in [4.69, 9.17) is 0 Å². The second-order valence-electron chi connectivity index (χ2n) is 5.42. The molecule has 1 fully saturated rings. The Bertz CT molecular complexity index is 717. The Hall–Kier alpha value is -2.41. The largest absolute Gasteiger partial charge is 0.476 e. The van der Waals surface area contributed by atoms with Crippen molar-refractivity contribution in [2.75, 3.05) is 26.2 Å².